The summed E-state index contributed by atoms with van der Waals surface area (Å²) in [6.45, 7) is -0.539. The second-order valence-corrected chi connectivity index (χ2v) is 10.6. The van der Waals surface area contributed by atoms with E-state index in [1.165, 1.54) is 0 Å². The zero-order valence-electron chi connectivity index (χ0n) is 19.7. The van der Waals surface area contributed by atoms with Crippen LogP contribution in [-0.2, 0) is 14.8 Å². The van der Waals surface area contributed by atoms with E-state index in [4.69, 9.17) is 0 Å². The molecular formula is C27H28FN3O4S. The molecule has 1 saturated carbocycles. The Morgan fingerprint density at radius 3 is 2.19 bits per heavy atom. The van der Waals surface area contributed by atoms with Gasteiger partial charge in [0, 0.05) is 6.04 Å². The normalized spacial score (nSPS) is 14.1. The molecule has 7 nitrogen and oxygen atoms in total. The second kappa shape index (κ2) is 11.3. The highest BCUT2D eigenvalue weighted by Gasteiger charge is 2.28. The van der Waals surface area contributed by atoms with Gasteiger partial charge in [0.25, 0.3) is 15.9 Å². The van der Waals surface area contributed by atoms with Crippen molar-refractivity contribution in [3.05, 3.63) is 90.2 Å². The summed E-state index contributed by atoms with van der Waals surface area (Å²) in [6, 6.07) is 19.3. The molecule has 3 aromatic rings. The lowest BCUT2D eigenvalue weighted by molar-refractivity contribution is -0.114. The van der Waals surface area contributed by atoms with Gasteiger partial charge in [-0.1, -0.05) is 49.6 Å². The van der Waals surface area contributed by atoms with Gasteiger partial charge in [0.15, 0.2) is 0 Å². The minimum Gasteiger partial charge on any atom is -0.349 e. The number of nitrogens with zero attached hydrogens (tertiary/aromatic N) is 1. The third-order valence-corrected chi connectivity index (χ3v) is 7.91. The number of sulfonamides is 1. The van der Waals surface area contributed by atoms with Gasteiger partial charge in [-0.05, 0) is 61.4 Å². The first-order valence-corrected chi connectivity index (χ1v) is 13.3. The van der Waals surface area contributed by atoms with Crippen LogP contribution < -0.4 is 14.9 Å². The van der Waals surface area contributed by atoms with Gasteiger partial charge in [-0.25, -0.2) is 12.8 Å². The van der Waals surface area contributed by atoms with E-state index >= 15 is 0 Å². The molecule has 0 aromatic heterocycles. The van der Waals surface area contributed by atoms with Gasteiger partial charge in [0.2, 0.25) is 5.91 Å². The lowest BCUT2D eigenvalue weighted by Gasteiger charge is -2.25. The third kappa shape index (κ3) is 6.09. The highest BCUT2D eigenvalue weighted by Crippen LogP contribution is 2.25. The quantitative estimate of drug-likeness (QED) is 0.459. The predicted octanol–water partition coefficient (Wildman–Crippen LogP) is 4.72. The molecule has 2 N–H and O–H groups in total. The maximum Gasteiger partial charge on any atom is 0.264 e. The number of rotatable bonds is 8. The smallest absolute Gasteiger partial charge is 0.264 e. The average molecular weight is 510 g/mol. The molecule has 2 amide bonds. The first-order chi connectivity index (χ1) is 17.3. The number of amides is 2. The lowest BCUT2D eigenvalue weighted by atomic mass is 9.95. The molecule has 0 aliphatic heterocycles. The molecule has 1 aliphatic rings. The van der Waals surface area contributed by atoms with Crippen molar-refractivity contribution in [3.8, 4) is 0 Å². The maximum absolute atomic E-state index is 13.4. The van der Waals surface area contributed by atoms with E-state index in [2.05, 4.69) is 10.6 Å². The van der Waals surface area contributed by atoms with Gasteiger partial charge < -0.3 is 10.6 Å². The minimum absolute atomic E-state index is 0.101. The number of nitrogens with one attached hydrogen (secondary N) is 2. The zero-order valence-corrected chi connectivity index (χ0v) is 20.5. The number of anilines is 2. The summed E-state index contributed by atoms with van der Waals surface area (Å²) in [5, 5.41) is 5.73. The molecule has 1 fully saturated rings. The van der Waals surface area contributed by atoms with Crippen LogP contribution in [0.3, 0.4) is 0 Å². The monoisotopic (exact) mass is 509 g/mol. The summed E-state index contributed by atoms with van der Waals surface area (Å²) in [5.41, 5.74) is 0.882. The molecule has 3 aromatic carbocycles. The molecule has 0 unspecified atom stereocenters. The van der Waals surface area contributed by atoms with Crippen LogP contribution >= 0.6 is 0 Å². The van der Waals surface area contributed by atoms with Crippen molar-refractivity contribution in [2.45, 2.75) is 43.0 Å². The molecule has 0 bridgehead atoms. The fourth-order valence-corrected chi connectivity index (χ4v) is 5.68. The van der Waals surface area contributed by atoms with Crippen LogP contribution in [0.4, 0.5) is 15.8 Å². The van der Waals surface area contributed by atoms with E-state index in [1.54, 1.807) is 54.6 Å². The number of para-hydroxylation sites is 2. The van der Waals surface area contributed by atoms with E-state index in [9.17, 15) is 22.4 Å². The van der Waals surface area contributed by atoms with Crippen molar-refractivity contribution in [3.63, 3.8) is 0 Å². The molecule has 0 heterocycles. The van der Waals surface area contributed by atoms with Crippen LogP contribution in [0.2, 0.25) is 0 Å². The second-order valence-electron chi connectivity index (χ2n) is 8.70. The van der Waals surface area contributed by atoms with Crippen molar-refractivity contribution >= 4 is 33.2 Å². The number of halogens is 1. The SMILES string of the molecule is O=C(CN(c1ccccc1)S(=O)(=O)c1ccc(F)cc1)Nc1ccccc1C(=O)NC1CCCCC1. The molecular weight excluding hydrogens is 481 g/mol. The van der Waals surface area contributed by atoms with E-state index in [1.807, 2.05) is 0 Å². The highest BCUT2D eigenvalue weighted by molar-refractivity contribution is 7.92. The van der Waals surface area contributed by atoms with Crippen LogP contribution in [0.15, 0.2) is 83.8 Å². The van der Waals surface area contributed by atoms with Crippen LogP contribution in [0.25, 0.3) is 0 Å². The van der Waals surface area contributed by atoms with Gasteiger partial charge in [-0.2, -0.15) is 0 Å². The van der Waals surface area contributed by atoms with Crippen molar-refractivity contribution < 1.29 is 22.4 Å². The van der Waals surface area contributed by atoms with Crippen molar-refractivity contribution in [2.75, 3.05) is 16.2 Å². The Labute approximate surface area is 210 Å². The molecule has 9 heteroatoms. The fourth-order valence-electron chi connectivity index (χ4n) is 4.26. The van der Waals surface area contributed by atoms with Crippen LogP contribution in [0.5, 0.6) is 0 Å². The lowest BCUT2D eigenvalue weighted by Crippen LogP contribution is -2.39. The Morgan fingerprint density at radius 1 is 0.861 bits per heavy atom. The first kappa shape index (κ1) is 25.4. The molecule has 0 atom stereocenters. The Balaban J connectivity index is 1.55. The number of carbonyl (C=O) groups is 2. The zero-order chi connectivity index (χ0) is 25.5. The maximum atomic E-state index is 13.4. The van der Waals surface area contributed by atoms with Crippen molar-refractivity contribution in [1.82, 2.24) is 5.32 Å². The van der Waals surface area contributed by atoms with Gasteiger partial charge >= 0.3 is 0 Å². The van der Waals surface area contributed by atoms with Gasteiger partial charge in [-0.3, -0.25) is 13.9 Å². The average Bonchev–Trinajstić information content (AvgIpc) is 2.89. The van der Waals surface area contributed by atoms with E-state index < -0.39 is 28.3 Å². The summed E-state index contributed by atoms with van der Waals surface area (Å²) >= 11 is 0. The fraction of sp³-hybridized carbons (Fsp3) is 0.259. The predicted molar refractivity (Wildman–Crippen MR) is 137 cm³/mol. The molecule has 36 heavy (non-hydrogen) atoms. The topological polar surface area (TPSA) is 95.6 Å². The summed E-state index contributed by atoms with van der Waals surface area (Å²) in [6.07, 6.45) is 5.15. The highest BCUT2D eigenvalue weighted by atomic mass is 32.2. The van der Waals surface area contributed by atoms with E-state index in [-0.39, 0.29) is 22.5 Å². The Kier molecular flexibility index (Phi) is 8.00. The summed E-state index contributed by atoms with van der Waals surface area (Å²) in [7, 11) is -4.18. The van der Waals surface area contributed by atoms with Crippen LogP contribution in [-0.4, -0.2) is 32.8 Å². The summed E-state index contributed by atoms with van der Waals surface area (Å²) < 4.78 is 41.1. The Morgan fingerprint density at radius 2 is 1.50 bits per heavy atom. The molecule has 188 valence electrons. The Bertz CT molecular complexity index is 1310. The largest absolute Gasteiger partial charge is 0.349 e. The molecule has 1 aliphatic carbocycles. The van der Waals surface area contributed by atoms with Gasteiger partial charge in [0.1, 0.15) is 12.4 Å². The van der Waals surface area contributed by atoms with Crippen LogP contribution in [0.1, 0.15) is 42.5 Å². The van der Waals surface area contributed by atoms with Gasteiger partial charge in [-0.15, -0.1) is 0 Å². The number of benzene rings is 3. The summed E-state index contributed by atoms with van der Waals surface area (Å²) in [4.78, 5) is 25.9. The molecule has 0 radical (unpaired) electrons. The standard InChI is InChI=1S/C27H28FN3O4S/c28-20-15-17-23(18-16-20)36(34,35)31(22-11-5-2-6-12-22)19-26(32)30-25-14-8-7-13-24(25)27(33)29-21-9-3-1-4-10-21/h2,5-8,11-18,21H,1,3-4,9-10,19H2,(H,29,33)(H,30,32). The summed E-state index contributed by atoms with van der Waals surface area (Å²) in [5.74, 6) is -1.47. The molecule has 0 spiro atoms. The van der Waals surface area contributed by atoms with Crippen LogP contribution in [0, 0.1) is 5.82 Å². The number of carbonyl (C=O) groups excluding carboxylic acids is 2. The molecule has 4 rings (SSSR count). The third-order valence-electron chi connectivity index (χ3n) is 6.12. The van der Waals surface area contributed by atoms with Gasteiger partial charge in [0.05, 0.1) is 21.8 Å². The van der Waals surface area contributed by atoms with Crippen molar-refractivity contribution in [2.24, 2.45) is 0 Å². The minimum atomic E-state index is -4.18. The molecule has 0 saturated heterocycles. The van der Waals surface area contributed by atoms with E-state index in [0.717, 1.165) is 60.7 Å². The number of hydrogen-bond acceptors (Lipinski definition) is 4. The Hall–Kier alpha value is -3.72. The first-order valence-electron chi connectivity index (χ1n) is 11.9. The number of hydrogen-bond donors (Lipinski definition) is 2. The van der Waals surface area contributed by atoms with Crippen molar-refractivity contribution in [1.29, 1.82) is 0 Å². The van der Waals surface area contributed by atoms with E-state index in [0.29, 0.717) is 11.3 Å².